The number of halogens is 1. The molecular weight excluding hydrogens is 271 g/mol. The molecule has 4 N–H and O–H groups in total. The molecule has 2 unspecified atom stereocenters. The minimum Gasteiger partial charge on any atom is -0.398 e. The molecule has 0 bridgehead atoms. The highest BCUT2D eigenvalue weighted by molar-refractivity contribution is 7.89. The second-order valence-electron chi connectivity index (χ2n) is 5.43. The number of sulfonamides is 1. The van der Waals surface area contributed by atoms with Crippen molar-refractivity contribution in [3.05, 3.63) is 24.0 Å². The molecule has 1 fully saturated rings. The minimum absolute atomic E-state index is 0.134. The summed E-state index contributed by atoms with van der Waals surface area (Å²) in [5.74, 6) is -0.587. The first-order valence-electron chi connectivity index (χ1n) is 5.90. The van der Waals surface area contributed by atoms with E-state index in [1.165, 1.54) is 0 Å². The van der Waals surface area contributed by atoms with Crippen molar-refractivity contribution in [3.63, 3.8) is 0 Å². The quantitative estimate of drug-likeness (QED) is 0.719. The predicted molar refractivity (Wildman–Crippen MR) is 69.3 cm³/mol. The molecule has 1 saturated carbocycles. The number of hydrogen-bond acceptors (Lipinski definition) is 4. The number of aliphatic hydroxyl groups is 1. The highest BCUT2D eigenvalue weighted by Crippen LogP contribution is 2.41. The van der Waals surface area contributed by atoms with E-state index in [9.17, 15) is 17.9 Å². The van der Waals surface area contributed by atoms with Gasteiger partial charge in [-0.05, 0) is 24.6 Å². The van der Waals surface area contributed by atoms with Gasteiger partial charge in [-0.25, -0.2) is 17.5 Å². The van der Waals surface area contributed by atoms with Gasteiger partial charge < -0.3 is 10.8 Å². The van der Waals surface area contributed by atoms with Gasteiger partial charge in [0.05, 0.1) is 11.8 Å². The molecule has 1 aliphatic rings. The maximum absolute atomic E-state index is 12.9. The van der Waals surface area contributed by atoms with E-state index in [-0.39, 0.29) is 16.6 Å². The summed E-state index contributed by atoms with van der Waals surface area (Å²) in [5.41, 5.74) is 4.87. The predicted octanol–water partition coefficient (Wildman–Crippen LogP) is 0.846. The third kappa shape index (κ3) is 2.45. The molecule has 106 valence electrons. The molecule has 0 radical (unpaired) electrons. The topological polar surface area (TPSA) is 92.4 Å². The number of nitrogens with one attached hydrogen (secondary N) is 1. The van der Waals surface area contributed by atoms with E-state index in [1.807, 2.05) is 0 Å². The lowest BCUT2D eigenvalue weighted by atomic mass is 9.65. The lowest BCUT2D eigenvalue weighted by Gasteiger charge is -2.49. The Morgan fingerprint density at radius 3 is 2.58 bits per heavy atom. The summed E-state index contributed by atoms with van der Waals surface area (Å²) in [6, 6.07) is 2.78. The molecule has 0 saturated heterocycles. The molecule has 2 rings (SSSR count). The summed E-state index contributed by atoms with van der Waals surface area (Å²) < 4.78 is 39.8. The van der Waals surface area contributed by atoms with Crippen LogP contribution in [0.2, 0.25) is 0 Å². The minimum atomic E-state index is -3.82. The van der Waals surface area contributed by atoms with E-state index in [4.69, 9.17) is 5.73 Å². The van der Waals surface area contributed by atoms with Gasteiger partial charge in [0.1, 0.15) is 10.7 Å². The Morgan fingerprint density at radius 2 is 2.11 bits per heavy atom. The summed E-state index contributed by atoms with van der Waals surface area (Å²) in [5, 5.41) is 9.60. The van der Waals surface area contributed by atoms with Crippen LogP contribution in [0.25, 0.3) is 0 Å². The summed E-state index contributed by atoms with van der Waals surface area (Å²) in [6.07, 6.45) is -0.182. The Labute approximate surface area is 111 Å². The molecule has 2 atom stereocenters. The molecular formula is C12H17FN2O3S. The molecule has 0 aliphatic heterocycles. The van der Waals surface area contributed by atoms with Crippen molar-refractivity contribution in [2.24, 2.45) is 5.41 Å². The van der Waals surface area contributed by atoms with E-state index in [0.717, 1.165) is 18.2 Å². The lowest BCUT2D eigenvalue weighted by molar-refractivity contribution is -0.0645. The van der Waals surface area contributed by atoms with Crippen LogP contribution in [-0.4, -0.2) is 25.7 Å². The lowest BCUT2D eigenvalue weighted by Crippen LogP contribution is -2.61. The average Bonchev–Trinajstić information content (AvgIpc) is 2.27. The second-order valence-corrected chi connectivity index (χ2v) is 7.11. The molecule has 1 aliphatic carbocycles. The molecule has 0 heterocycles. The smallest absolute Gasteiger partial charge is 0.242 e. The van der Waals surface area contributed by atoms with Crippen molar-refractivity contribution in [2.45, 2.75) is 37.3 Å². The van der Waals surface area contributed by atoms with Crippen LogP contribution in [0.5, 0.6) is 0 Å². The molecule has 0 aromatic heterocycles. The summed E-state index contributed by atoms with van der Waals surface area (Å²) in [6.45, 7) is 3.56. The van der Waals surface area contributed by atoms with Crippen LogP contribution in [-0.2, 0) is 10.0 Å². The maximum atomic E-state index is 12.9. The zero-order valence-electron chi connectivity index (χ0n) is 10.7. The van der Waals surface area contributed by atoms with Crippen molar-refractivity contribution in [1.82, 2.24) is 4.72 Å². The molecule has 7 heteroatoms. The first-order valence-corrected chi connectivity index (χ1v) is 7.38. The van der Waals surface area contributed by atoms with Crippen LogP contribution < -0.4 is 10.5 Å². The molecule has 1 aromatic rings. The summed E-state index contributed by atoms with van der Waals surface area (Å²) in [4.78, 5) is -0.147. The van der Waals surface area contributed by atoms with Crippen molar-refractivity contribution < 1.29 is 17.9 Å². The third-order valence-corrected chi connectivity index (χ3v) is 5.32. The van der Waals surface area contributed by atoms with Crippen molar-refractivity contribution in [1.29, 1.82) is 0 Å². The molecule has 19 heavy (non-hydrogen) atoms. The fourth-order valence-corrected chi connectivity index (χ4v) is 3.64. The van der Waals surface area contributed by atoms with Gasteiger partial charge >= 0.3 is 0 Å². The third-order valence-electron chi connectivity index (χ3n) is 3.77. The van der Waals surface area contributed by atoms with Crippen molar-refractivity contribution >= 4 is 15.7 Å². The largest absolute Gasteiger partial charge is 0.398 e. The van der Waals surface area contributed by atoms with E-state index in [1.54, 1.807) is 13.8 Å². The summed E-state index contributed by atoms with van der Waals surface area (Å²) >= 11 is 0. The SMILES string of the molecule is CC1(C)C(O)CC1NS(=O)(=O)c1ccc(F)cc1N. The van der Waals surface area contributed by atoms with Gasteiger partial charge in [0.25, 0.3) is 0 Å². The van der Waals surface area contributed by atoms with Gasteiger partial charge in [-0.2, -0.15) is 0 Å². The van der Waals surface area contributed by atoms with Crippen LogP contribution in [0.4, 0.5) is 10.1 Å². The Kier molecular flexibility index (Phi) is 3.32. The van der Waals surface area contributed by atoms with Crippen LogP contribution in [0.3, 0.4) is 0 Å². The molecule has 1 aromatic carbocycles. The van der Waals surface area contributed by atoms with Crippen molar-refractivity contribution in [2.75, 3.05) is 5.73 Å². The molecule has 0 amide bonds. The fraction of sp³-hybridized carbons (Fsp3) is 0.500. The van der Waals surface area contributed by atoms with Gasteiger partial charge in [0.15, 0.2) is 0 Å². The zero-order valence-corrected chi connectivity index (χ0v) is 11.5. The highest BCUT2D eigenvalue weighted by Gasteiger charge is 2.49. The number of nitrogen functional groups attached to an aromatic ring is 1. The average molecular weight is 288 g/mol. The van der Waals surface area contributed by atoms with E-state index < -0.39 is 27.4 Å². The van der Waals surface area contributed by atoms with E-state index >= 15 is 0 Å². The second kappa shape index (κ2) is 4.43. The number of nitrogens with two attached hydrogens (primary N) is 1. The number of aliphatic hydroxyl groups excluding tert-OH is 1. The molecule has 0 spiro atoms. The first-order chi connectivity index (χ1) is 8.64. The highest BCUT2D eigenvalue weighted by atomic mass is 32.2. The van der Waals surface area contributed by atoms with Gasteiger partial charge in [-0.15, -0.1) is 0 Å². The summed E-state index contributed by atoms with van der Waals surface area (Å²) in [7, 11) is -3.82. The Bertz CT molecular complexity index is 601. The number of rotatable bonds is 3. The first kappa shape index (κ1) is 14.2. The number of benzene rings is 1. The standard InChI is InChI=1S/C12H17FN2O3S/c1-12(2)10(6-11(12)16)15-19(17,18)9-4-3-7(13)5-8(9)14/h3-5,10-11,15-16H,6,14H2,1-2H3. The van der Waals surface area contributed by atoms with Crippen LogP contribution in [0.1, 0.15) is 20.3 Å². The van der Waals surface area contributed by atoms with Gasteiger partial charge in [0, 0.05) is 11.5 Å². The Balaban J connectivity index is 2.25. The Hall–Kier alpha value is -1.18. The van der Waals surface area contributed by atoms with Gasteiger partial charge in [0.2, 0.25) is 10.0 Å². The zero-order chi connectivity index (χ0) is 14.4. The maximum Gasteiger partial charge on any atom is 0.242 e. The van der Waals surface area contributed by atoms with Gasteiger partial charge in [-0.1, -0.05) is 13.8 Å². The Morgan fingerprint density at radius 1 is 1.47 bits per heavy atom. The van der Waals surface area contributed by atoms with Gasteiger partial charge in [-0.3, -0.25) is 0 Å². The number of hydrogen-bond donors (Lipinski definition) is 3. The van der Waals surface area contributed by atoms with E-state index in [2.05, 4.69) is 4.72 Å². The van der Waals surface area contributed by atoms with E-state index in [0.29, 0.717) is 6.42 Å². The monoisotopic (exact) mass is 288 g/mol. The van der Waals surface area contributed by atoms with Crippen molar-refractivity contribution in [3.8, 4) is 0 Å². The van der Waals surface area contributed by atoms with Crippen LogP contribution in [0, 0.1) is 11.2 Å². The van der Waals surface area contributed by atoms with Crippen LogP contribution >= 0.6 is 0 Å². The number of anilines is 1. The fourth-order valence-electron chi connectivity index (χ4n) is 2.12. The van der Waals surface area contributed by atoms with Crippen LogP contribution in [0.15, 0.2) is 23.1 Å². The molecule has 5 nitrogen and oxygen atoms in total. The normalized spacial score (nSPS) is 25.9.